The van der Waals surface area contributed by atoms with E-state index >= 15 is 0 Å². The monoisotopic (exact) mass is 252 g/mol. The first kappa shape index (κ1) is 12.4. The van der Waals surface area contributed by atoms with Crippen molar-refractivity contribution >= 4 is 0 Å². The third kappa shape index (κ3) is 2.55. The fraction of sp³-hybridized carbons (Fsp3) is 0.294. The van der Waals surface area contributed by atoms with Crippen LogP contribution in [0.5, 0.6) is 0 Å². The Hall–Kier alpha value is -1.64. The summed E-state index contributed by atoms with van der Waals surface area (Å²) < 4.78 is 0. The summed E-state index contributed by atoms with van der Waals surface area (Å²) in [5.74, 6) is 0.329. The molecule has 2 aromatic rings. The lowest BCUT2D eigenvalue weighted by Crippen LogP contribution is -2.52. The van der Waals surface area contributed by atoms with Crippen molar-refractivity contribution in [3.63, 3.8) is 0 Å². The van der Waals surface area contributed by atoms with Crippen molar-refractivity contribution in [3.8, 4) is 0 Å². The van der Waals surface area contributed by atoms with Crippen molar-refractivity contribution in [2.75, 3.05) is 19.7 Å². The van der Waals surface area contributed by atoms with Crippen molar-refractivity contribution in [2.45, 2.75) is 6.04 Å². The normalized spacial score (nSPS) is 16.5. The highest BCUT2D eigenvalue weighted by atomic mass is 16.3. The van der Waals surface area contributed by atoms with E-state index in [-0.39, 0.29) is 12.6 Å². The van der Waals surface area contributed by atoms with Crippen LogP contribution < -0.4 is 5.11 Å². The third-order valence-electron chi connectivity index (χ3n) is 3.82. The first-order valence-electron chi connectivity index (χ1n) is 6.80. The quantitative estimate of drug-likeness (QED) is 0.832. The standard InChI is InChI=1S/C17H18NO/c19-13-14-11-18(12-14)17(15-7-3-1-4-8-15)16-9-5-2-6-10-16/h1-10,14,17H,11-13H2/q-1. The molecule has 0 N–H and O–H groups in total. The van der Waals surface area contributed by atoms with Gasteiger partial charge in [-0.2, -0.15) is 0 Å². The van der Waals surface area contributed by atoms with E-state index in [1.165, 1.54) is 11.1 Å². The fourth-order valence-electron chi connectivity index (χ4n) is 2.81. The largest absolute Gasteiger partial charge is 0.854 e. The van der Waals surface area contributed by atoms with E-state index in [9.17, 15) is 5.11 Å². The average Bonchev–Trinajstić information content (AvgIpc) is 2.44. The van der Waals surface area contributed by atoms with Crippen LogP contribution in [0.1, 0.15) is 17.2 Å². The molecule has 1 aliphatic rings. The summed E-state index contributed by atoms with van der Waals surface area (Å²) in [6, 6.07) is 21.4. The van der Waals surface area contributed by atoms with Crippen LogP contribution in [0.2, 0.25) is 0 Å². The minimum atomic E-state index is 0.0484. The summed E-state index contributed by atoms with van der Waals surface area (Å²) >= 11 is 0. The zero-order valence-electron chi connectivity index (χ0n) is 10.9. The van der Waals surface area contributed by atoms with Gasteiger partial charge in [0.05, 0.1) is 6.04 Å². The van der Waals surface area contributed by atoms with Gasteiger partial charge in [-0.1, -0.05) is 60.7 Å². The Bertz CT molecular complexity index is 466. The molecule has 1 fully saturated rings. The van der Waals surface area contributed by atoms with Gasteiger partial charge in [0.15, 0.2) is 0 Å². The molecule has 1 aliphatic heterocycles. The molecule has 19 heavy (non-hydrogen) atoms. The first-order chi connectivity index (χ1) is 9.38. The number of benzene rings is 2. The molecule has 2 aromatic carbocycles. The number of hydrogen-bond donors (Lipinski definition) is 0. The van der Waals surface area contributed by atoms with Crippen LogP contribution >= 0.6 is 0 Å². The van der Waals surface area contributed by atoms with Gasteiger partial charge in [-0.3, -0.25) is 4.90 Å². The number of rotatable bonds is 4. The lowest BCUT2D eigenvalue weighted by atomic mass is 9.91. The van der Waals surface area contributed by atoms with Crippen LogP contribution in [0.3, 0.4) is 0 Å². The molecule has 3 rings (SSSR count). The summed E-state index contributed by atoms with van der Waals surface area (Å²) in [4.78, 5) is 2.40. The van der Waals surface area contributed by atoms with Gasteiger partial charge < -0.3 is 5.11 Å². The molecule has 0 bridgehead atoms. The van der Waals surface area contributed by atoms with Gasteiger partial charge in [-0.05, 0) is 17.0 Å². The topological polar surface area (TPSA) is 26.3 Å². The van der Waals surface area contributed by atoms with Crippen molar-refractivity contribution < 1.29 is 5.11 Å². The maximum absolute atomic E-state index is 10.9. The fourth-order valence-corrected chi connectivity index (χ4v) is 2.81. The second-order valence-electron chi connectivity index (χ2n) is 5.21. The minimum absolute atomic E-state index is 0.0484. The van der Waals surface area contributed by atoms with Crippen LogP contribution in [0.4, 0.5) is 0 Å². The van der Waals surface area contributed by atoms with Gasteiger partial charge in [0.25, 0.3) is 0 Å². The van der Waals surface area contributed by atoms with Gasteiger partial charge in [-0.15, -0.1) is 6.61 Å². The zero-order valence-corrected chi connectivity index (χ0v) is 10.9. The number of hydrogen-bond acceptors (Lipinski definition) is 2. The first-order valence-corrected chi connectivity index (χ1v) is 6.80. The van der Waals surface area contributed by atoms with Crippen LogP contribution in [0, 0.1) is 5.92 Å². The van der Waals surface area contributed by atoms with Crippen molar-refractivity contribution in [1.29, 1.82) is 0 Å². The SMILES string of the molecule is [O-]CC1CN(C(c2ccccc2)c2ccccc2)C1. The molecule has 1 heterocycles. The van der Waals surface area contributed by atoms with Crippen LogP contribution in [-0.2, 0) is 0 Å². The highest BCUT2D eigenvalue weighted by molar-refractivity contribution is 5.32. The zero-order chi connectivity index (χ0) is 13.1. The number of nitrogens with zero attached hydrogens (tertiary/aromatic N) is 1. The molecule has 2 nitrogen and oxygen atoms in total. The van der Waals surface area contributed by atoms with E-state index in [0.29, 0.717) is 5.92 Å². The van der Waals surface area contributed by atoms with Crippen molar-refractivity contribution in [2.24, 2.45) is 5.92 Å². The summed E-state index contributed by atoms with van der Waals surface area (Å²) in [7, 11) is 0. The Morgan fingerprint density at radius 1 is 0.895 bits per heavy atom. The molecule has 0 amide bonds. The van der Waals surface area contributed by atoms with Gasteiger partial charge in [-0.25, -0.2) is 0 Å². The van der Waals surface area contributed by atoms with Crippen LogP contribution in [0.15, 0.2) is 60.7 Å². The molecule has 0 saturated carbocycles. The maximum Gasteiger partial charge on any atom is 0.0601 e. The highest BCUT2D eigenvalue weighted by Gasteiger charge is 2.31. The van der Waals surface area contributed by atoms with E-state index in [0.717, 1.165) is 13.1 Å². The molecule has 0 atom stereocenters. The lowest BCUT2D eigenvalue weighted by molar-refractivity contribution is -0.385. The average molecular weight is 252 g/mol. The number of likely N-dealkylation sites (tertiary alicyclic amines) is 1. The smallest absolute Gasteiger partial charge is 0.0601 e. The highest BCUT2D eigenvalue weighted by Crippen LogP contribution is 2.33. The molecule has 98 valence electrons. The minimum Gasteiger partial charge on any atom is -0.854 e. The Morgan fingerprint density at radius 2 is 1.37 bits per heavy atom. The molecular weight excluding hydrogens is 234 g/mol. The van der Waals surface area contributed by atoms with E-state index < -0.39 is 0 Å². The Balaban J connectivity index is 1.89. The van der Waals surface area contributed by atoms with E-state index in [1.54, 1.807) is 0 Å². The molecule has 0 spiro atoms. The Morgan fingerprint density at radius 3 is 1.79 bits per heavy atom. The molecule has 2 heteroatoms. The third-order valence-corrected chi connectivity index (χ3v) is 3.82. The van der Waals surface area contributed by atoms with Crippen LogP contribution in [0.25, 0.3) is 0 Å². The second kappa shape index (κ2) is 5.55. The second-order valence-corrected chi connectivity index (χ2v) is 5.21. The summed E-state index contributed by atoms with van der Waals surface area (Å²) in [5, 5.41) is 10.9. The predicted molar refractivity (Wildman–Crippen MR) is 74.7 cm³/mol. The summed E-state index contributed by atoms with van der Waals surface area (Å²) in [6.07, 6.45) is 0. The molecular formula is C17H18NO-. The maximum atomic E-state index is 10.9. The van der Waals surface area contributed by atoms with Gasteiger partial charge in [0.2, 0.25) is 0 Å². The predicted octanol–water partition coefficient (Wildman–Crippen LogP) is 2.07. The Kier molecular flexibility index (Phi) is 3.62. The summed E-state index contributed by atoms with van der Waals surface area (Å²) in [5.41, 5.74) is 2.61. The molecule has 0 aliphatic carbocycles. The lowest BCUT2D eigenvalue weighted by Gasteiger charge is -2.46. The molecule has 0 aromatic heterocycles. The molecule has 1 saturated heterocycles. The van der Waals surface area contributed by atoms with Crippen molar-refractivity contribution in [1.82, 2.24) is 4.90 Å². The van der Waals surface area contributed by atoms with E-state index in [1.807, 2.05) is 12.1 Å². The molecule has 0 unspecified atom stereocenters. The molecule has 0 radical (unpaired) electrons. The summed E-state index contributed by atoms with van der Waals surface area (Å²) in [6.45, 7) is 1.88. The van der Waals surface area contributed by atoms with Gasteiger partial charge >= 0.3 is 0 Å². The Labute approximate surface area is 114 Å². The van der Waals surface area contributed by atoms with Crippen LogP contribution in [-0.4, -0.2) is 24.6 Å². The van der Waals surface area contributed by atoms with Gasteiger partial charge in [0, 0.05) is 13.1 Å². The van der Waals surface area contributed by atoms with Crippen molar-refractivity contribution in [3.05, 3.63) is 71.8 Å². The van der Waals surface area contributed by atoms with E-state index in [2.05, 4.69) is 53.4 Å². The van der Waals surface area contributed by atoms with Gasteiger partial charge in [0.1, 0.15) is 0 Å². The van der Waals surface area contributed by atoms with E-state index in [4.69, 9.17) is 0 Å².